The molecule has 0 spiro atoms. The van der Waals surface area contributed by atoms with Gasteiger partial charge >= 0.3 is 0 Å². The van der Waals surface area contributed by atoms with Crippen LogP contribution in [0.4, 0.5) is 11.4 Å². The summed E-state index contributed by atoms with van der Waals surface area (Å²) in [6.45, 7) is 5.95. The van der Waals surface area contributed by atoms with E-state index >= 15 is 0 Å². The van der Waals surface area contributed by atoms with Gasteiger partial charge in [-0.3, -0.25) is 9.10 Å². The number of amides is 1. The summed E-state index contributed by atoms with van der Waals surface area (Å²) in [6.07, 6.45) is 1.16. The van der Waals surface area contributed by atoms with E-state index in [1.165, 1.54) is 16.1 Å². The van der Waals surface area contributed by atoms with Gasteiger partial charge in [0.1, 0.15) is 0 Å². The Kier molecular flexibility index (Phi) is 7.25. The summed E-state index contributed by atoms with van der Waals surface area (Å²) >= 11 is 1.25. The van der Waals surface area contributed by atoms with Crippen LogP contribution >= 0.6 is 11.8 Å². The van der Waals surface area contributed by atoms with Gasteiger partial charge in [0.05, 0.1) is 24.2 Å². The van der Waals surface area contributed by atoms with Crippen LogP contribution in [0.1, 0.15) is 22.5 Å². The first-order valence-corrected chi connectivity index (χ1v) is 12.8. The SMILES string of the molecule is Cc1ccc(N(Cc2nnc(SCC(=O)Nc3cccc(C)c3C)n2C)S(C)(=O)=O)cc1. The van der Waals surface area contributed by atoms with Crippen molar-refractivity contribution in [2.24, 2.45) is 7.05 Å². The van der Waals surface area contributed by atoms with Gasteiger partial charge in [-0.1, -0.05) is 41.6 Å². The summed E-state index contributed by atoms with van der Waals surface area (Å²) in [5.41, 5.74) is 4.53. The molecular formula is C22H27N5O3S2. The summed E-state index contributed by atoms with van der Waals surface area (Å²) in [4.78, 5) is 12.4. The molecule has 3 rings (SSSR count). The molecule has 0 radical (unpaired) electrons. The number of aryl methyl sites for hydroxylation is 2. The molecule has 0 aliphatic heterocycles. The lowest BCUT2D eigenvalue weighted by atomic mass is 10.1. The maximum absolute atomic E-state index is 12.4. The molecule has 0 fully saturated rings. The van der Waals surface area contributed by atoms with Crippen LogP contribution in [-0.2, 0) is 28.4 Å². The Labute approximate surface area is 193 Å². The summed E-state index contributed by atoms with van der Waals surface area (Å²) in [6, 6.07) is 13.0. The molecular weight excluding hydrogens is 446 g/mol. The zero-order valence-electron chi connectivity index (χ0n) is 18.8. The third-order valence-corrected chi connectivity index (χ3v) is 7.30. The number of thioether (sulfide) groups is 1. The number of nitrogens with one attached hydrogen (secondary N) is 1. The van der Waals surface area contributed by atoms with Crippen molar-refractivity contribution in [3.63, 3.8) is 0 Å². The lowest BCUT2D eigenvalue weighted by molar-refractivity contribution is -0.113. The van der Waals surface area contributed by atoms with Gasteiger partial charge in [-0.05, 0) is 50.1 Å². The second-order valence-electron chi connectivity index (χ2n) is 7.65. The van der Waals surface area contributed by atoms with Gasteiger partial charge in [0.2, 0.25) is 15.9 Å². The Morgan fingerprint density at radius 1 is 1.09 bits per heavy atom. The van der Waals surface area contributed by atoms with Gasteiger partial charge in [-0.25, -0.2) is 8.42 Å². The highest BCUT2D eigenvalue weighted by Gasteiger charge is 2.21. The lowest BCUT2D eigenvalue weighted by Gasteiger charge is -2.22. The first-order valence-electron chi connectivity index (χ1n) is 9.98. The fraction of sp³-hybridized carbons (Fsp3) is 0.318. The zero-order valence-corrected chi connectivity index (χ0v) is 20.4. The molecule has 2 aromatic carbocycles. The maximum Gasteiger partial charge on any atom is 0.234 e. The van der Waals surface area contributed by atoms with E-state index in [-0.39, 0.29) is 18.2 Å². The first-order chi connectivity index (χ1) is 15.1. The van der Waals surface area contributed by atoms with E-state index in [0.29, 0.717) is 16.7 Å². The third kappa shape index (κ3) is 5.68. The Morgan fingerprint density at radius 2 is 1.78 bits per heavy atom. The van der Waals surface area contributed by atoms with Gasteiger partial charge < -0.3 is 9.88 Å². The summed E-state index contributed by atoms with van der Waals surface area (Å²) in [5.74, 6) is 0.492. The minimum absolute atomic E-state index is 0.0423. The molecule has 8 nitrogen and oxygen atoms in total. The molecule has 0 saturated heterocycles. The van der Waals surface area contributed by atoms with Crippen LogP contribution in [0.5, 0.6) is 0 Å². The Hall–Kier alpha value is -2.85. The molecule has 0 aliphatic rings. The van der Waals surface area contributed by atoms with Gasteiger partial charge in [-0.15, -0.1) is 10.2 Å². The molecule has 0 atom stereocenters. The monoisotopic (exact) mass is 473 g/mol. The number of benzene rings is 2. The van der Waals surface area contributed by atoms with E-state index < -0.39 is 10.0 Å². The topological polar surface area (TPSA) is 97.2 Å². The molecule has 0 unspecified atom stereocenters. The second-order valence-corrected chi connectivity index (χ2v) is 10.5. The second kappa shape index (κ2) is 9.74. The summed E-state index contributed by atoms with van der Waals surface area (Å²) in [7, 11) is -1.76. The van der Waals surface area contributed by atoms with Gasteiger partial charge in [0.25, 0.3) is 0 Å². The number of carbonyl (C=O) groups is 1. The van der Waals surface area contributed by atoms with Crippen molar-refractivity contribution < 1.29 is 13.2 Å². The largest absolute Gasteiger partial charge is 0.325 e. The number of rotatable bonds is 8. The average Bonchev–Trinajstić information content (AvgIpc) is 3.07. The standard InChI is InChI=1S/C22H27N5O3S2/c1-15-9-11-18(12-10-15)27(32(5,29)30)13-20-24-25-22(26(20)4)31-14-21(28)23-19-8-6-7-16(2)17(19)3/h6-12H,13-14H2,1-5H3,(H,23,28). The summed E-state index contributed by atoms with van der Waals surface area (Å²) in [5, 5.41) is 11.8. The van der Waals surface area contributed by atoms with E-state index in [1.54, 1.807) is 23.7 Å². The number of hydrogen-bond acceptors (Lipinski definition) is 6. The van der Waals surface area contributed by atoms with Gasteiger partial charge in [-0.2, -0.15) is 0 Å². The van der Waals surface area contributed by atoms with Crippen LogP contribution < -0.4 is 9.62 Å². The Bertz CT molecular complexity index is 1220. The lowest BCUT2D eigenvalue weighted by Crippen LogP contribution is -2.30. The van der Waals surface area contributed by atoms with Crippen molar-refractivity contribution >= 4 is 39.1 Å². The predicted molar refractivity (Wildman–Crippen MR) is 128 cm³/mol. The minimum atomic E-state index is -3.52. The van der Waals surface area contributed by atoms with Crippen LogP contribution in [0.3, 0.4) is 0 Å². The molecule has 170 valence electrons. The number of carbonyl (C=O) groups excluding carboxylic acids is 1. The number of nitrogens with zero attached hydrogens (tertiary/aromatic N) is 4. The molecule has 3 aromatic rings. The van der Waals surface area contributed by atoms with Crippen molar-refractivity contribution in [1.82, 2.24) is 14.8 Å². The molecule has 1 aromatic heterocycles. The van der Waals surface area contributed by atoms with Crippen molar-refractivity contribution in [1.29, 1.82) is 0 Å². The maximum atomic E-state index is 12.4. The number of aromatic nitrogens is 3. The van der Waals surface area contributed by atoms with Crippen LogP contribution in [0, 0.1) is 20.8 Å². The smallest absolute Gasteiger partial charge is 0.234 e. The molecule has 0 bridgehead atoms. The molecule has 0 saturated carbocycles. The van der Waals surface area contributed by atoms with E-state index in [4.69, 9.17) is 0 Å². The highest BCUT2D eigenvalue weighted by molar-refractivity contribution is 7.99. The Morgan fingerprint density at radius 3 is 2.44 bits per heavy atom. The fourth-order valence-electron chi connectivity index (χ4n) is 3.05. The molecule has 1 amide bonds. The zero-order chi connectivity index (χ0) is 23.5. The summed E-state index contributed by atoms with van der Waals surface area (Å²) < 4.78 is 27.8. The van der Waals surface area contributed by atoms with Gasteiger partial charge in [0, 0.05) is 12.7 Å². The molecule has 32 heavy (non-hydrogen) atoms. The molecule has 1 N–H and O–H groups in total. The number of hydrogen-bond donors (Lipinski definition) is 1. The minimum Gasteiger partial charge on any atom is -0.325 e. The van der Waals surface area contributed by atoms with E-state index in [1.807, 2.05) is 51.1 Å². The van der Waals surface area contributed by atoms with Gasteiger partial charge in [0.15, 0.2) is 11.0 Å². The van der Waals surface area contributed by atoms with Crippen molar-refractivity contribution in [2.45, 2.75) is 32.5 Å². The normalized spacial score (nSPS) is 11.4. The first kappa shape index (κ1) is 23.8. The van der Waals surface area contributed by atoms with Crippen LogP contribution in [0.25, 0.3) is 0 Å². The quantitative estimate of drug-likeness (QED) is 0.504. The van der Waals surface area contributed by atoms with Crippen molar-refractivity contribution in [3.05, 3.63) is 65.0 Å². The fourth-order valence-corrected chi connectivity index (χ4v) is 4.64. The average molecular weight is 474 g/mol. The molecule has 0 aliphatic carbocycles. The van der Waals surface area contributed by atoms with Crippen molar-refractivity contribution in [3.8, 4) is 0 Å². The van der Waals surface area contributed by atoms with Crippen LogP contribution in [-0.4, -0.2) is 41.1 Å². The number of sulfonamides is 1. The third-order valence-electron chi connectivity index (χ3n) is 5.14. The molecule has 1 heterocycles. The van der Waals surface area contributed by atoms with E-state index in [2.05, 4.69) is 15.5 Å². The van der Waals surface area contributed by atoms with E-state index in [9.17, 15) is 13.2 Å². The van der Waals surface area contributed by atoms with Crippen molar-refractivity contribution in [2.75, 3.05) is 21.6 Å². The predicted octanol–water partition coefficient (Wildman–Crippen LogP) is 3.44. The van der Waals surface area contributed by atoms with Crippen LogP contribution in [0.2, 0.25) is 0 Å². The van der Waals surface area contributed by atoms with E-state index in [0.717, 1.165) is 28.6 Å². The Balaban J connectivity index is 1.69. The number of anilines is 2. The highest BCUT2D eigenvalue weighted by Crippen LogP contribution is 2.23. The molecule has 10 heteroatoms. The highest BCUT2D eigenvalue weighted by atomic mass is 32.2. The van der Waals surface area contributed by atoms with Crippen LogP contribution in [0.15, 0.2) is 47.6 Å².